The van der Waals surface area contributed by atoms with Crippen LogP contribution in [0.15, 0.2) is 54.6 Å². The van der Waals surface area contributed by atoms with Crippen molar-refractivity contribution in [2.75, 3.05) is 6.54 Å². The molecule has 0 aliphatic carbocycles. The van der Waals surface area contributed by atoms with Gasteiger partial charge in [-0.1, -0.05) is 42.5 Å². The summed E-state index contributed by atoms with van der Waals surface area (Å²) in [6.45, 7) is 0.770. The first kappa shape index (κ1) is 14.2. The van der Waals surface area contributed by atoms with Crippen LogP contribution in [0.2, 0.25) is 0 Å². The Labute approximate surface area is 128 Å². The Morgan fingerprint density at radius 3 is 2.62 bits per heavy atom. The molecule has 2 aromatic carbocycles. The van der Waals surface area contributed by atoms with Gasteiger partial charge in [-0.25, -0.2) is 4.98 Å². The normalized spacial score (nSPS) is 12.6. The fourth-order valence-electron chi connectivity index (χ4n) is 2.27. The predicted octanol–water partition coefficient (Wildman–Crippen LogP) is 3.51. The van der Waals surface area contributed by atoms with Crippen LogP contribution in [0, 0.1) is 0 Å². The van der Waals surface area contributed by atoms with Gasteiger partial charge in [-0.3, -0.25) is 5.32 Å². The number of benzene rings is 2. The maximum Gasteiger partial charge on any atom is 0.157 e. The molecule has 3 rings (SSSR count). The molecule has 0 aliphatic heterocycles. The first-order valence-electron chi connectivity index (χ1n) is 7.14. The van der Waals surface area contributed by atoms with Crippen LogP contribution in [0.5, 0.6) is 0 Å². The molecule has 1 heterocycles. The van der Waals surface area contributed by atoms with Gasteiger partial charge in [-0.05, 0) is 37.1 Å². The number of rotatable bonds is 6. The van der Waals surface area contributed by atoms with E-state index in [2.05, 4.69) is 34.6 Å². The van der Waals surface area contributed by atoms with Crippen molar-refractivity contribution in [2.45, 2.75) is 19.1 Å². The van der Waals surface area contributed by atoms with Gasteiger partial charge in [0.2, 0.25) is 0 Å². The van der Waals surface area contributed by atoms with E-state index in [1.807, 2.05) is 30.3 Å². The second-order valence-corrected chi connectivity index (χ2v) is 6.03. The molecule has 3 aromatic rings. The molecule has 2 N–H and O–H groups in total. The molecule has 1 aromatic heterocycles. The molecule has 1 atom stereocenters. The summed E-state index contributed by atoms with van der Waals surface area (Å²) >= 11 is 1.54. The van der Waals surface area contributed by atoms with E-state index in [1.54, 1.807) is 0 Å². The molecule has 0 aliphatic rings. The van der Waals surface area contributed by atoms with E-state index in [-0.39, 0.29) is 0 Å². The Balaban J connectivity index is 1.51. The fraction of sp³-hybridized carbons (Fsp3) is 0.235. The van der Waals surface area contributed by atoms with Crippen LogP contribution in [-0.4, -0.2) is 16.6 Å². The number of aliphatic hydroxyl groups excluding tert-OH is 1. The van der Waals surface area contributed by atoms with Gasteiger partial charge >= 0.3 is 0 Å². The molecule has 3 nitrogen and oxygen atoms in total. The van der Waals surface area contributed by atoms with Crippen LogP contribution in [0.3, 0.4) is 0 Å². The SMILES string of the molecule is OC(NCCCc1ccccc1)c1nc2ccccc2s1. The van der Waals surface area contributed by atoms with Crippen LogP contribution < -0.4 is 5.32 Å². The lowest BCUT2D eigenvalue weighted by Crippen LogP contribution is -2.22. The molecule has 0 spiro atoms. The lowest BCUT2D eigenvalue weighted by atomic mass is 10.1. The van der Waals surface area contributed by atoms with E-state index in [1.165, 1.54) is 16.9 Å². The standard InChI is InChI=1S/C17H18N2OS/c20-16(17-19-14-10-4-5-11-15(14)21-17)18-12-6-9-13-7-2-1-3-8-13/h1-5,7-8,10-11,16,18,20H,6,9,12H2. The number of nitrogens with one attached hydrogen (secondary N) is 1. The van der Waals surface area contributed by atoms with Gasteiger partial charge in [0.15, 0.2) is 6.23 Å². The number of nitrogens with zero attached hydrogens (tertiary/aromatic N) is 1. The van der Waals surface area contributed by atoms with Gasteiger partial charge in [-0.15, -0.1) is 11.3 Å². The van der Waals surface area contributed by atoms with Crippen molar-refractivity contribution in [3.63, 3.8) is 0 Å². The number of para-hydroxylation sites is 1. The topological polar surface area (TPSA) is 45.1 Å². The number of hydrogen-bond donors (Lipinski definition) is 2. The molecule has 1 unspecified atom stereocenters. The molecule has 0 saturated heterocycles. The fourth-order valence-corrected chi connectivity index (χ4v) is 3.20. The molecule has 21 heavy (non-hydrogen) atoms. The van der Waals surface area contributed by atoms with E-state index in [0.717, 1.165) is 34.6 Å². The van der Waals surface area contributed by atoms with E-state index in [4.69, 9.17) is 0 Å². The first-order chi connectivity index (χ1) is 10.3. The highest BCUT2D eigenvalue weighted by atomic mass is 32.1. The summed E-state index contributed by atoms with van der Waals surface area (Å²) in [5, 5.41) is 14.0. The zero-order chi connectivity index (χ0) is 14.5. The molecule has 0 radical (unpaired) electrons. The summed E-state index contributed by atoms with van der Waals surface area (Å²) in [5.41, 5.74) is 2.27. The van der Waals surface area contributed by atoms with Crippen molar-refractivity contribution in [3.05, 3.63) is 65.2 Å². The lowest BCUT2D eigenvalue weighted by Gasteiger charge is -2.09. The Hall–Kier alpha value is -1.75. The molecular formula is C17H18N2OS. The van der Waals surface area contributed by atoms with Crippen molar-refractivity contribution < 1.29 is 5.11 Å². The van der Waals surface area contributed by atoms with Gasteiger partial charge in [0.1, 0.15) is 5.01 Å². The number of aromatic nitrogens is 1. The smallest absolute Gasteiger partial charge is 0.157 e. The minimum absolute atomic E-state index is 0.682. The summed E-state index contributed by atoms with van der Waals surface area (Å²) in [4.78, 5) is 4.46. The highest BCUT2D eigenvalue weighted by Crippen LogP contribution is 2.24. The van der Waals surface area contributed by atoms with Crippen molar-refractivity contribution in [2.24, 2.45) is 0 Å². The average Bonchev–Trinajstić information content (AvgIpc) is 2.96. The molecule has 0 saturated carbocycles. The molecule has 0 bridgehead atoms. The number of fused-ring (bicyclic) bond motifs is 1. The number of thiazole rings is 1. The summed E-state index contributed by atoms with van der Waals surface area (Å²) in [6, 6.07) is 18.3. The van der Waals surface area contributed by atoms with Crippen molar-refractivity contribution in [3.8, 4) is 0 Å². The van der Waals surface area contributed by atoms with Crippen LogP contribution in [0.25, 0.3) is 10.2 Å². The largest absolute Gasteiger partial charge is 0.372 e. The van der Waals surface area contributed by atoms with E-state index in [9.17, 15) is 5.11 Å². The molecule has 4 heteroatoms. The number of aliphatic hydroxyl groups is 1. The third kappa shape index (κ3) is 3.67. The minimum atomic E-state index is -0.682. The number of aryl methyl sites for hydroxylation is 1. The molecule has 0 fully saturated rings. The van der Waals surface area contributed by atoms with Crippen molar-refractivity contribution in [1.82, 2.24) is 10.3 Å². The van der Waals surface area contributed by atoms with Gasteiger partial charge < -0.3 is 5.11 Å². The minimum Gasteiger partial charge on any atom is -0.372 e. The van der Waals surface area contributed by atoms with Gasteiger partial charge in [0.25, 0.3) is 0 Å². The summed E-state index contributed by atoms with van der Waals surface area (Å²) in [6.07, 6.45) is 1.32. The zero-order valence-electron chi connectivity index (χ0n) is 11.7. The highest BCUT2D eigenvalue weighted by molar-refractivity contribution is 7.18. The Morgan fingerprint density at radius 1 is 1.05 bits per heavy atom. The van der Waals surface area contributed by atoms with Crippen LogP contribution >= 0.6 is 11.3 Å². The van der Waals surface area contributed by atoms with E-state index in [0.29, 0.717) is 0 Å². The van der Waals surface area contributed by atoms with Crippen LogP contribution in [0.1, 0.15) is 23.2 Å². The highest BCUT2D eigenvalue weighted by Gasteiger charge is 2.11. The first-order valence-corrected chi connectivity index (χ1v) is 7.95. The summed E-state index contributed by atoms with van der Waals surface area (Å²) in [5.74, 6) is 0. The summed E-state index contributed by atoms with van der Waals surface area (Å²) < 4.78 is 1.11. The number of hydrogen-bond acceptors (Lipinski definition) is 4. The average molecular weight is 298 g/mol. The third-order valence-corrected chi connectivity index (χ3v) is 4.46. The van der Waals surface area contributed by atoms with E-state index >= 15 is 0 Å². The molecule has 0 amide bonds. The van der Waals surface area contributed by atoms with Crippen molar-refractivity contribution in [1.29, 1.82) is 0 Å². The van der Waals surface area contributed by atoms with Crippen LogP contribution in [-0.2, 0) is 6.42 Å². The monoisotopic (exact) mass is 298 g/mol. The van der Waals surface area contributed by atoms with E-state index < -0.39 is 6.23 Å². The molecular weight excluding hydrogens is 280 g/mol. The van der Waals surface area contributed by atoms with Gasteiger partial charge in [0, 0.05) is 0 Å². The zero-order valence-corrected chi connectivity index (χ0v) is 12.5. The molecule has 108 valence electrons. The second kappa shape index (κ2) is 6.80. The lowest BCUT2D eigenvalue weighted by molar-refractivity contribution is 0.139. The predicted molar refractivity (Wildman–Crippen MR) is 87.3 cm³/mol. The third-order valence-electron chi connectivity index (χ3n) is 3.37. The van der Waals surface area contributed by atoms with Gasteiger partial charge in [-0.2, -0.15) is 0 Å². The Bertz CT molecular complexity index is 663. The second-order valence-electron chi connectivity index (χ2n) is 4.97. The maximum atomic E-state index is 10.2. The van der Waals surface area contributed by atoms with Crippen LogP contribution in [0.4, 0.5) is 0 Å². The van der Waals surface area contributed by atoms with Gasteiger partial charge in [0.05, 0.1) is 10.2 Å². The Kier molecular flexibility index (Phi) is 4.60. The van der Waals surface area contributed by atoms with Crippen molar-refractivity contribution >= 4 is 21.6 Å². The maximum absolute atomic E-state index is 10.2. The quantitative estimate of drug-likeness (QED) is 0.541. The Morgan fingerprint density at radius 2 is 1.81 bits per heavy atom. The summed E-state index contributed by atoms with van der Waals surface area (Å²) in [7, 11) is 0.